The van der Waals surface area contributed by atoms with Crippen LogP contribution in [0.1, 0.15) is 23.1 Å². The summed E-state index contributed by atoms with van der Waals surface area (Å²) in [6, 6.07) is 13.4. The molecule has 3 aliphatic rings. The summed E-state index contributed by atoms with van der Waals surface area (Å²) in [5.41, 5.74) is 3.56. The predicted octanol–water partition coefficient (Wildman–Crippen LogP) is 1.92. The van der Waals surface area contributed by atoms with Gasteiger partial charge in [0, 0.05) is 58.7 Å². The summed E-state index contributed by atoms with van der Waals surface area (Å²) in [5.74, 6) is 1.17. The van der Waals surface area contributed by atoms with E-state index in [1.54, 1.807) is 12.1 Å². The number of rotatable bonds is 7. The van der Waals surface area contributed by atoms with Gasteiger partial charge in [-0.15, -0.1) is 0 Å². The highest BCUT2D eigenvalue weighted by atomic mass is 32.2. The standard InChI is InChI=1S/C26H33N3O5S/c30-26(8-4-21-1-5-24(6-2-21)35(31,32)29-14-17-33-18-15-29)28-12-10-27(11-13-28)20-22-3-7-25-23(19-22)9-16-34-25/h1-3,5-7,19H,4,8-18,20H2. The lowest BCUT2D eigenvalue weighted by molar-refractivity contribution is -0.133. The number of morpholine rings is 1. The molecular weight excluding hydrogens is 466 g/mol. The quantitative estimate of drug-likeness (QED) is 0.579. The van der Waals surface area contributed by atoms with E-state index in [4.69, 9.17) is 9.47 Å². The second kappa shape index (κ2) is 10.7. The van der Waals surface area contributed by atoms with Gasteiger partial charge < -0.3 is 14.4 Å². The van der Waals surface area contributed by atoms with Crippen molar-refractivity contribution in [2.45, 2.75) is 30.7 Å². The number of sulfonamides is 1. The number of amides is 1. The number of ether oxygens (including phenoxy) is 2. The normalized spacial score (nSPS) is 19.4. The molecule has 3 heterocycles. The van der Waals surface area contributed by atoms with Crippen molar-refractivity contribution in [1.82, 2.24) is 14.1 Å². The van der Waals surface area contributed by atoms with Crippen LogP contribution in [0.4, 0.5) is 0 Å². The van der Waals surface area contributed by atoms with Crippen LogP contribution in [-0.4, -0.2) is 87.5 Å². The van der Waals surface area contributed by atoms with E-state index < -0.39 is 10.0 Å². The van der Waals surface area contributed by atoms with Gasteiger partial charge in [0.15, 0.2) is 0 Å². The summed E-state index contributed by atoms with van der Waals surface area (Å²) < 4.78 is 37.8. The fourth-order valence-corrected chi connectivity index (χ4v) is 6.33. The number of fused-ring (bicyclic) bond motifs is 1. The van der Waals surface area contributed by atoms with E-state index in [9.17, 15) is 13.2 Å². The van der Waals surface area contributed by atoms with Crippen molar-refractivity contribution in [3.63, 3.8) is 0 Å². The Balaban J connectivity index is 1.08. The largest absolute Gasteiger partial charge is 0.493 e. The number of carbonyl (C=O) groups excluding carboxylic acids is 1. The number of benzene rings is 2. The van der Waals surface area contributed by atoms with E-state index in [1.165, 1.54) is 15.4 Å². The summed E-state index contributed by atoms with van der Waals surface area (Å²) in [6.07, 6.45) is 2.02. The molecule has 188 valence electrons. The Morgan fingerprint density at radius 3 is 2.31 bits per heavy atom. The maximum absolute atomic E-state index is 12.8. The molecule has 0 N–H and O–H groups in total. The maximum Gasteiger partial charge on any atom is 0.243 e. The second-order valence-corrected chi connectivity index (χ2v) is 11.3. The summed E-state index contributed by atoms with van der Waals surface area (Å²) in [7, 11) is -3.49. The van der Waals surface area contributed by atoms with E-state index in [0.29, 0.717) is 44.0 Å². The number of aryl methyl sites for hydroxylation is 1. The molecule has 8 nitrogen and oxygen atoms in total. The Morgan fingerprint density at radius 2 is 1.57 bits per heavy atom. The fourth-order valence-electron chi connectivity index (χ4n) is 4.93. The third-order valence-electron chi connectivity index (χ3n) is 7.04. The van der Waals surface area contributed by atoms with Gasteiger partial charge in [0.2, 0.25) is 15.9 Å². The topological polar surface area (TPSA) is 79.4 Å². The van der Waals surface area contributed by atoms with Crippen molar-refractivity contribution in [1.29, 1.82) is 0 Å². The lowest BCUT2D eigenvalue weighted by atomic mass is 10.1. The molecule has 3 aliphatic heterocycles. The number of carbonyl (C=O) groups is 1. The smallest absolute Gasteiger partial charge is 0.243 e. The van der Waals surface area contributed by atoms with Crippen molar-refractivity contribution < 1.29 is 22.7 Å². The second-order valence-electron chi connectivity index (χ2n) is 9.36. The van der Waals surface area contributed by atoms with Crippen LogP contribution in [0.5, 0.6) is 5.75 Å². The third-order valence-corrected chi connectivity index (χ3v) is 8.96. The average molecular weight is 500 g/mol. The molecule has 0 radical (unpaired) electrons. The minimum atomic E-state index is -3.49. The molecule has 1 amide bonds. The molecule has 0 bridgehead atoms. The Labute approximate surface area is 207 Å². The summed E-state index contributed by atoms with van der Waals surface area (Å²) >= 11 is 0. The monoisotopic (exact) mass is 499 g/mol. The molecule has 9 heteroatoms. The fraction of sp³-hybridized carbons (Fsp3) is 0.500. The first-order valence-corrected chi connectivity index (χ1v) is 13.8. The molecule has 35 heavy (non-hydrogen) atoms. The summed E-state index contributed by atoms with van der Waals surface area (Å²) in [5, 5.41) is 0. The molecule has 0 aliphatic carbocycles. The van der Waals surface area contributed by atoms with E-state index in [1.807, 2.05) is 17.0 Å². The zero-order valence-electron chi connectivity index (χ0n) is 20.0. The first-order valence-electron chi connectivity index (χ1n) is 12.4. The first-order chi connectivity index (χ1) is 17.0. The number of hydrogen-bond donors (Lipinski definition) is 0. The summed E-state index contributed by atoms with van der Waals surface area (Å²) in [4.78, 5) is 17.4. The molecule has 2 saturated heterocycles. The van der Waals surface area contributed by atoms with Crippen molar-refractivity contribution in [3.05, 3.63) is 59.2 Å². The van der Waals surface area contributed by atoms with Gasteiger partial charge in [0.25, 0.3) is 0 Å². The average Bonchev–Trinajstić information content (AvgIpc) is 3.36. The van der Waals surface area contributed by atoms with Crippen LogP contribution in [0.3, 0.4) is 0 Å². The Kier molecular flexibility index (Phi) is 7.38. The van der Waals surface area contributed by atoms with Crippen LogP contribution >= 0.6 is 0 Å². The molecule has 2 aromatic carbocycles. The third kappa shape index (κ3) is 5.69. The van der Waals surface area contributed by atoms with Crippen molar-refractivity contribution in [2.75, 3.05) is 59.1 Å². The van der Waals surface area contributed by atoms with Crippen LogP contribution in [0.15, 0.2) is 47.4 Å². The van der Waals surface area contributed by atoms with Gasteiger partial charge in [-0.1, -0.05) is 24.3 Å². The van der Waals surface area contributed by atoms with Crippen LogP contribution < -0.4 is 4.74 Å². The molecule has 5 rings (SSSR count). The zero-order valence-corrected chi connectivity index (χ0v) is 20.8. The van der Waals surface area contributed by atoms with E-state index >= 15 is 0 Å². The Hall–Kier alpha value is -2.46. The van der Waals surface area contributed by atoms with Crippen LogP contribution in [0, 0.1) is 0 Å². The van der Waals surface area contributed by atoms with Crippen molar-refractivity contribution >= 4 is 15.9 Å². The lowest BCUT2D eigenvalue weighted by Crippen LogP contribution is -2.48. The van der Waals surface area contributed by atoms with Crippen LogP contribution in [0.25, 0.3) is 0 Å². The minimum absolute atomic E-state index is 0.157. The van der Waals surface area contributed by atoms with Gasteiger partial charge in [0.05, 0.1) is 24.7 Å². The highest BCUT2D eigenvalue weighted by Gasteiger charge is 2.26. The van der Waals surface area contributed by atoms with Crippen molar-refractivity contribution in [3.8, 4) is 5.75 Å². The van der Waals surface area contributed by atoms with E-state index in [0.717, 1.165) is 57.1 Å². The molecule has 0 atom stereocenters. The number of nitrogens with zero attached hydrogens (tertiary/aromatic N) is 3. The Bertz CT molecular complexity index is 1140. The minimum Gasteiger partial charge on any atom is -0.493 e. The Morgan fingerprint density at radius 1 is 0.857 bits per heavy atom. The van der Waals surface area contributed by atoms with Gasteiger partial charge in [-0.05, 0) is 41.3 Å². The highest BCUT2D eigenvalue weighted by molar-refractivity contribution is 7.89. The lowest BCUT2D eigenvalue weighted by Gasteiger charge is -2.35. The van der Waals surface area contributed by atoms with Gasteiger partial charge in [0.1, 0.15) is 5.75 Å². The summed E-state index contributed by atoms with van der Waals surface area (Å²) in [6.45, 7) is 6.51. The maximum atomic E-state index is 12.8. The van der Waals surface area contributed by atoms with Crippen molar-refractivity contribution in [2.24, 2.45) is 0 Å². The predicted molar refractivity (Wildman–Crippen MR) is 132 cm³/mol. The van der Waals surface area contributed by atoms with Crippen LogP contribution in [-0.2, 0) is 38.9 Å². The number of piperazine rings is 1. The molecule has 0 unspecified atom stereocenters. The highest BCUT2D eigenvalue weighted by Crippen LogP contribution is 2.26. The molecule has 2 aromatic rings. The SMILES string of the molecule is O=C(CCc1ccc(S(=O)(=O)N2CCOCC2)cc1)N1CCN(Cc2ccc3c(c2)CCO3)CC1. The zero-order chi connectivity index (χ0) is 24.3. The molecule has 0 saturated carbocycles. The van der Waals surface area contributed by atoms with Gasteiger partial charge in [-0.3, -0.25) is 9.69 Å². The van der Waals surface area contributed by atoms with Gasteiger partial charge in [-0.2, -0.15) is 4.31 Å². The molecule has 2 fully saturated rings. The molecular formula is C26H33N3O5S. The van der Waals surface area contributed by atoms with Crippen LogP contribution in [0.2, 0.25) is 0 Å². The van der Waals surface area contributed by atoms with E-state index in [2.05, 4.69) is 23.1 Å². The van der Waals surface area contributed by atoms with Gasteiger partial charge >= 0.3 is 0 Å². The van der Waals surface area contributed by atoms with E-state index in [-0.39, 0.29) is 5.91 Å². The number of hydrogen-bond acceptors (Lipinski definition) is 6. The molecule has 0 aromatic heterocycles. The van der Waals surface area contributed by atoms with Gasteiger partial charge in [-0.25, -0.2) is 8.42 Å². The first kappa shape index (κ1) is 24.2. The molecule has 0 spiro atoms.